The molecule has 90 valence electrons. The quantitative estimate of drug-likeness (QED) is 0.512. The first-order valence-electron chi connectivity index (χ1n) is 6.46. The van der Waals surface area contributed by atoms with Crippen LogP contribution in [0.15, 0.2) is 0 Å². The van der Waals surface area contributed by atoms with Crippen molar-refractivity contribution in [2.45, 2.75) is 69.7 Å². The molecule has 0 aliphatic heterocycles. The van der Waals surface area contributed by atoms with Crippen LogP contribution in [0.25, 0.3) is 0 Å². The van der Waals surface area contributed by atoms with Gasteiger partial charge in [-0.3, -0.25) is 0 Å². The van der Waals surface area contributed by atoms with Crippen molar-refractivity contribution in [3.63, 3.8) is 0 Å². The minimum absolute atomic E-state index is 0.484. The minimum Gasteiger partial charge on any atom is -0.377 e. The summed E-state index contributed by atoms with van der Waals surface area (Å²) in [5.41, 5.74) is 0. The van der Waals surface area contributed by atoms with Crippen molar-refractivity contribution in [1.82, 2.24) is 0 Å². The van der Waals surface area contributed by atoms with Crippen LogP contribution in [0.4, 0.5) is 0 Å². The summed E-state index contributed by atoms with van der Waals surface area (Å²) in [4.78, 5) is 0.608. The van der Waals surface area contributed by atoms with Crippen LogP contribution in [0.2, 0.25) is 0 Å². The predicted octanol–water partition coefficient (Wildman–Crippen LogP) is 4.54. The molecule has 0 amide bonds. The van der Waals surface area contributed by atoms with Crippen molar-refractivity contribution in [3.05, 3.63) is 0 Å². The van der Waals surface area contributed by atoms with Crippen molar-refractivity contribution in [1.29, 1.82) is 0 Å². The molecule has 1 rings (SSSR count). The molecule has 1 aliphatic rings. The van der Waals surface area contributed by atoms with E-state index in [4.69, 9.17) is 4.74 Å². The number of hydrogen-bond acceptors (Lipinski definition) is 1. The molecule has 15 heavy (non-hydrogen) atoms. The van der Waals surface area contributed by atoms with E-state index in [0.717, 1.165) is 12.5 Å². The lowest BCUT2D eigenvalue weighted by Gasteiger charge is -2.27. The van der Waals surface area contributed by atoms with Gasteiger partial charge in [0.2, 0.25) is 0 Å². The molecule has 2 unspecified atom stereocenters. The second-order valence-electron chi connectivity index (χ2n) is 5.10. The van der Waals surface area contributed by atoms with Crippen molar-refractivity contribution in [2.75, 3.05) is 6.61 Å². The van der Waals surface area contributed by atoms with Crippen LogP contribution in [-0.4, -0.2) is 17.5 Å². The van der Waals surface area contributed by atoms with E-state index in [-0.39, 0.29) is 0 Å². The number of unbranched alkanes of at least 4 members (excludes halogenated alkanes) is 1. The summed E-state index contributed by atoms with van der Waals surface area (Å²) >= 11 is 3.72. The number of halogens is 1. The van der Waals surface area contributed by atoms with Gasteiger partial charge in [-0.05, 0) is 25.2 Å². The Bertz CT molecular complexity index is 159. The third-order valence-corrected chi connectivity index (χ3v) is 4.18. The van der Waals surface area contributed by atoms with Gasteiger partial charge in [0, 0.05) is 11.4 Å². The number of hydrogen-bond donors (Lipinski definition) is 0. The van der Waals surface area contributed by atoms with Crippen LogP contribution in [-0.2, 0) is 4.74 Å². The Morgan fingerprint density at radius 3 is 2.60 bits per heavy atom. The zero-order valence-corrected chi connectivity index (χ0v) is 11.8. The molecule has 0 radical (unpaired) electrons. The Hall–Kier alpha value is 0.440. The Kier molecular flexibility index (Phi) is 6.91. The first kappa shape index (κ1) is 13.5. The minimum atomic E-state index is 0.484. The average Bonchev–Trinajstić information content (AvgIpc) is 2.20. The van der Waals surface area contributed by atoms with Gasteiger partial charge in [0.25, 0.3) is 0 Å². The lowest BCUT2D eigenvalue weighted by molar-refractivity contribution is 0.0319. The fourth-order valence-electron chi connectivity index (χ4n) is 2.13. The van der Waals surface area contributed by atoms with Gasteiger partial charge in [0.15, 0.2) is 0 Å². The van der Waals surface area contributed by atoms with Crippen LogP contribution in [0, 0.1) is 5.92 Å². The molecule has 2 heteroatoms. The van der Waals surface area contributed by atoms with E-state index in [1.165, 1.54) is 44.9 Å². The van der Waals surface area contributed by atoms with Crippen molar-refractivity contribution < 1.29 is 4.74 Å². The topological polar surface area (TPSA) is 9.23 Å². The molecular weight excluding hydrogens is 252 g/mol. The van der Waals surface area contributed by atoms with Crippen molar-refractivity contribution >= 4 is 15.9 Å². The molecule has 2 atom stereocenters. The van der Waals surface area contributed by atoms with Crippen LogP contribution >= 0.6 is 15.9 Å². The standard InChI is InChI=1S/C13H25BrO/c1-11(2)7-5-6-10-15-13-9-4-3-8-12(13)14/h11-13H,3-10H2,1-2H3. The van der Waals surface area contributed by atoms with E-state index in [2.05, 4.69) is 29.8 Å². The van der Waals surface area contributed by atoms with E-state index in [1.807, 2.05) is 0 Å². The monoisotopic (exact) mass is 276 g/mol. The second-order valence-corrected chi connectivity index (χ2v) is 6.28. The highest BCUT2D eigenvalue weighted by atomic mass is 79.9. The zero-order valence-electron chi connectivity index (χ0n) is 10.2. The molecule has 0 bridgehead atoms. The van der Waals surface area contributed by atoms with E-state index in [1.54, 1.807) is 0 Å². The maximum absolute atomic E-state index is 5.93. The molecule has 0 aromatic carbocycles. The van der Waals surface area contributed by atoms with Crippen LogP contribution in [0.1, 0.15) is 58.8 Å². The smallest absolute Gasteiger partial charge is 0.0700 e. The molecule has 0 aromatic rings. The highest BCUT2D eigenvalue weighted by molar-refractivity contribution is 9.09. The molecular formula is C13H25BrO. The van der Waals surface area contributed by atoms with Crippen molar-refractivity contribution in [2.24, 2.45) is 5.92 Å². The molecule has 1 aliphatic carbocycles. The normalized spacial score (nSPS) is 27.2. The van der Waals surface area contributed by atoms with Gasteiger partial charge in [0.1, 0.15) is 0 Å². The SMILES string of the molecule is CC(C)CCCCOC1CCCCC1Br. The average molecular weight is 277 g/mol. The Morgan fingerprint density at radius 1 is 1.20 bits per heavy atom. The largest absolute Gasteiger partial charge is 0.377 e. The van der Waals surface area contributed by atoms with Gasteiger partial charge in [-0.1, -0.05) is 55.5 Å². The fraction of sp³-hybridized carbons (Fsp3) is 1.00. The van der Waals surface area contributed by atoms with Crippen LogP contribution in [0.3, 0.4) is 0 Å². The van der Waals surface area contributed by atoms with E-state index < -0.39 is 0 Å². The van der Waals surface area contributed by atoms with Gasteiger partial charge in [0.05, 0.1) is 6.10 Å². The summed E-state index contributed by atoms with van der Waals surface area (Å²) in [5.74, 6) is 0.837. The summed E-state index contributed by atoms with van der Waals surface area (Å²) in [5, 5.41) is 0. The first-order valence-corrected chi connectivity index (χ1v) is 7.37. The van der Waals surface area contributed by atoms with E-state index >= 15 is 0 Å². The summed E-state index contributed by atoms with van der Waals surface area (Å²) < 4.78 is 5.93. The number of ether oxygens (including phenoxy) is 1. The molecule has 0 N–H and O–H groups in total. The van der Waals surface area contributed by atoms with Crippen LogP contribution in [0.5, 0.6) is 0 Å². The Balaban J connectivity index is 1.99. The van der Waals surface area contributed by atoms with Gasteiger partial charge in [-0.15, -0.1) is 0 Å². The number of alkyl halides is 1. The highest BCUT2D eigenvalue weighted by Crippen LogP contribution is 2.27. The van der Waals surface area contributed by atoms with E-state index in [9.17, 15) is 0 Å². The van der Waals surface area contributed by atoms with Gasteiger partial charge >= 0.3 is 0 Å². The van der Waals surface area contributed by atoms with Gasteiger partial charge < -0.3 is 4.74 Å². The molecule has 0 heterocycles. The molecule has 0 spiro atoms. The number of rotatable bonds is 6. The Morgan fingerprint density at radius 2 is 1.93 bits per heavy atom. The summed E-state index contributed by atoms with van der Waals surface area (Å²) in [6.07, 6.45) is 9.62. The van der Waals surface area contributed by atoms with Gasteiger partial charge in [-0.25, -0.2) is 0 Å². The molecule has 0 aromatic heterocycles. The maximum atomic E-state index is 5.93. The molecule has 0 saturated heterocycles. The summed E-state index contributed by atoms with van der Waals surface area (Å²) in [6.45, 7) is 5.53. The molecule has 1 nitrogen and oxygen atoms in total. The van der Waals surface area contributed by atoms with Gasteiger partial charge in [-0.2, -0.15) is 0 Å². The highest BCUT2D eigenvalue weighted by Gasteiger charge is 2.22. The third-order valence-electron chi connectivity index (χ3n) is 3.13. The summed E-state index contributed by atoms with van der Waals surface area (Å²) in [7, 11) is 0. The summed E-state index contributed by atoms with van der Waals surface area (Å²) in [6, 6.07) is 0. The Labute approximate surface area is 103 Å². The first-order chi connectivity index (χ1) is 7.20. The van der Waals surface area contributed by atoms with Crippen molar-refractivity contribution in [3.8, 4) is 0 Å². The fourth-order valence-corrected chi connectivity index (χ4v) is 2.87. The zero-order chi connectivity index (χ0) is 11.1. The lowest BCUT2D eigenvalue weighted by Crippen LogP contribution is -2.28. The van der Waals surface area contributed by atoms with Crippen LogP contribution < -0.4 is 0 Å². The third kappa shape index (κ3) is 5.91. The maximum Gasteiger partial charge on any atom is 0.0700 e. The van der Waals surface area contributed by atoms with E-state index in [0.29, 0.717) is 10.9 Å². The molecule has 1 saturated carbocycles. The predicted molar refractivity (Wildman–Crippen MR) is 69.6 cm³/mol. The molecule has 1 fully saturated rings. The second kappa shape index (κ2) is 7.67. The lowest BCUT2D eigenvalue weighted by atomic mass is 9.97.